The third-order valence-electron chi connectivity index (χ3n) is 14.7. The van der Waals surface area contributed by atoms with Crippen LogP contribution in [0.4, 0.5) is 16.2 Å². The van der Waals surface area contributed by atoms with E-state index in [0.717, 1.165) is 59.7 Å². The van der Waals surface area contributed by atoms with Crippen LogP contribution in [0.15, 0.2) is 120 Å². The zero-order valence-corrected chi connectivity index (χ0v) is 48.5. The van der Waals surface area contributed by atoms with Gasteiger partial charge in [-0.1, -0.05) is 56.3 Å². The number of carbonyl (C=O) groups excluding carboxylic acids is 4. The molecule has 2 heterocycles. The van der Waals surface area contributed by atoms with Gasteiger partial charge in [-0.25, -0.2) is 22.8 Å². The number of carboxylic acids is 2. The topological polar surface area (TPSA) is 282 Å². The molecule has 2 aliphatic heterocycles. The third kappa shape index (κ3) is 17.5. The number of amides is 4. The largest absolute Gasteiger partial charge is 0.748 e. The number of urea groups is 1. The molecule has 0 aromatic heterocycles. The second-order valence-electron chi connectivity index (χ2n) is 21.5. The summed E-state index contributed by atoms with van der Waals surface area (Å²) in [6.45, 7) is 13.7. The molecule has 21 heteroatoms. The maximum absolute atomic E-state index is 13.6. The lowest BCUT2D eigenvalue weighted by molar-refractivity contribution is -0.437. The highest BCUT2D eigenvalue weighted by molar-refractivity contribution is 7.85. The van der Waals surface area contributed by atoms with Gasteiger partial charge in [0.15, 0.2) is 5.71 Å². The SMILES string of the molecule is CCN1/C(=C/C=C2\CCCC(/C=C/C3=[N+](CCCS(=O)(=O)[O-])c4ccc(C(=O)NCCOCCOCC(=O)NCCCC[C@H](NC(=O)N[C@@H](CCC(C)=O)C(=O)O)C(=O)O)cc4C3(C)C)=C2Oc2ccccc2)C(C)(C)c2ccccc21. The molecule has 0 saturated heterocycles. The highest BCUT2D eigenvalue weighted by atomic mass is 32.2. The molecular formula is C61H78N6O14S. The lowest BCUT2D eigenvalue weighted by Gasteiger charge is -2.26. The Hall–Kier alpha value is -7.46. The molecule has 0 fully saturated rings. The van der Waals surface area contributed by atoms with E-state index >= 15 is 0 Å². The molecule has 82 heavy (non-hydrogen) atoms. The van der Waals surface area contributed by atoms with Gasteiger partial charge in [0, 0.05) is 78.3 Å². The first-order chi connectivity index (χ1) is 39.0. The average Bonchev–Trinajstić information content (AvgIpc) is 3.84. The Morgan fingerprint density at radius 3 is 2.17 bits per heavy atom. The van der Waals surface area contributed by atoms with E-state index in [-0.39, 0.29) is 88.9 Å². The highest BCUT2D eigenvalue weighted by Crippen LogP contribution is 2.48. The summed E-state index contributed by atoms with van der Waals surface area (Å²) in [5, 5.41) is 28.8. The number of aliphatic carboxylic acids is 2. The van der Waals surface area contributed by atoms with Crippen molar-refractivity contribution < 1.29 is 70.7 Å². The summed E-state index contributed by atoms with van der Waals surface area (Å²) < 4.78 is 55.2. The number of ether oxygens (including phenoxy) is 3. The van der Waals surface area contributed by atoms with Gasteiger partial charge in [0.2, 0.25) is 11.6 Å². The fourth-order valence-corrected chi connectivity index (χ4v) is 10.9. The predicted molar refractivity (Wildman–Crippen MR) is 309 cm³/mol. The smallest absolute Gasteiger partial charge is 0.326 e. The molecule has 6 N–H and O–H groups in total. The second-order valence-corrected chi connectivity index (χ2v) is 23.0. The number of carbonyl (C=O) groups is 6. The van der Waals surface area contributed by atoms with Crippen molar-refractivity contribution in [3.05, 3.63) is 136 Å². The first-order valence-corrected chi connectivity index (χ1v) is 29.5. The Balaban J connectivity index is 1.02. The van der Waals surface area contributed by atoms with E-state index in [1.54, 1.807) is 6.07 Å². The number of nitrogens with zero attached hydrogens (tertiary/aromatic N) is 2. The number of benzene rings is 3. The molecule has 20 nitrogen and oxygen atoms in total. The van der Waals surface area contributed by atoms with E-state index in [1.165, 1.54) is 23.9 Å². The van der Waals surface area contributed by atoms with Crippen molar-refractivity contribution in [1.29, 1.82) is 0 Å². The number of nitrogens with one attached hydrogen (secondary N) is 4. The van der Waals surface area contributed by atoms with Crippen molar-refractivity contribution in [2.24, 2.45) is 0 Å². The molecule has 0 saturated carbocycles. The average molecular weight is 1150 g/mol. The summed E-state index contributed by atoms with van der Waals surface area (Å²) in [6.07, 6.45) is 11.6. The van der Waals surface area contributed by atoms with Crippen LogP contribution < -0.4 is 30.9 Å². The quantitative estimate of drug-likeness (QED) is 0.0209. The summed E-state index contributed by atoms with van der Waals surface area (Å²) in [4.78, 5) is 74.9. The van der Waals surface area contributed by atoms with Gasteiger partial charge in [0.25, 0.3) is 5.91 Å². The third-order valence-corrected chi connectivity index (χ3v) is 15.5. The van der Waals surface area contributed by atoms with Crippen molar-refractivity contribution in [2.75, 3.05) is 63.3 Å². The van der Waals surface area contributed by atoms with Crippen LogP contribution in [0.2, 0.25) is 0 Å². The van der Waals surface area contributed by atoms with Crippen molar-refractivity contribution >= 4 is 62.8 Å². The maximum Gasteiger partial charge on any atom is 0.326 e. The first kappa shape index (κ1) is 63.7. The summed E-state index contributed by atoms with van der Waals surface area (Å²) >= 11 is 0. The van der Waals surface area contributed by atoms with Gasteiger partial charge in [-0.05, 0) is 132 Å². The number of rotatable bonds is 31. The molecule has 0 spiro atoms. The number of carboxylic acid groups (broad SMARTS) is 2. The van der Waals surface area contributed by atoms with E-state index in [4.69, 9.17) is 14.2 Å². The molecule has 3 aliphatic rings. The minimum absolute atomic E-state index is 0.0164. The predicted octanol–water partition coefficient (Wildman–Crippen LogP) is 7.32. The molecule has 0 bridgehead atoms. The number of fused-ring (bicyclic) bond motifs is 2. The zero-order valence-electron chi connectivity index (χ0n) is 47.7. The fourth-order valence-electron chi connectivity index (χ4n) is 10.5. The summed E-state index contributed by atoms with van der Waals surface area (Å²) in [5.41, 5.74) is 7.82. The molecule has 442 valence electrons. The van der Waals surface area contributed by atoms with Crippen LogP contribution in [0.5, 0.6) is 5.75 Å². The molecule has 1 aliphatic carbocycles. The maximum atomic E-state index is 13.6. The van der Waals surface area contributed by atoms with Gasteiger partial charge in [-0.15, -0.1) is 0 Å². The van der Waals surface area contributed by atoms with Gasteiger partial charge in [0.05, 0.1) is 35.4 Å². The van der Waals surface area contributed by atoms with E-state index in [9.17, 15) is 52.0 Å². The molecular weight excluding hydrogens is 1070 g/mol. The molecule has 2 atom stereocenters. The molecule has 6 rings (SSSR count). The van der Waals surface area contributed by atoms with E-state index in [1.807, 2.05) is 47.0 Å². The fraction of sp³-hybridized carbons (Fsp3) is 0.459. The van der Waals surface area contributed by atoms with Crippen molar-refractivity contribution in [1.82, 2.24) is 21.3 Å². The van der Waals surface area contributed by atoms with Crippen LogP contribution in [-0.2, 0) is 49.6 Å². The molecule has 0 unspecified atom stereocenters. The molecule has 3 aromatic carbocycles. The minimum Gasteiger partial charge on any atom is -0.748 e. The van der Waals surface area contributed by atoms with Crippen LogP contribution >= 0.6 is 0 Å². The van der Waals surface area contributed by atoms with Crippen LogP contribution in [-0.4, -0.2) is 139 Å². The van der Waals surface area contributed by atoms with Crippen LogP contribution in [0.1, 0.15) is 121 Å². The molecule has 0 radical (unpaired) electrons. The Bertz CT molecular complexity index is 3090. The van der Waals surface area contributed by atoms with Crippen molar-refractivity contribution in [3.8, 4) is 5.75 Å². The lowest BCUT2D eigenvalue weighted by Crippen LogP contribution is -2.51. The zero-order chi connectivity index (χ0) is 59.6. The molecule has 4 amide bonds. The van der Waals surface area contributed by atoms with E-state index in [0.29, 0.717) is 24.2 Å². The standard InChI is InChI=1S/C61H78N6O14S/c1-7-66-50-23-12-11-21-46(50)60(3,4)52(66)30-26-42-17-15-18-43(55(42)81-45-19-9-8-10-20-45)27-31-53-61(5,6)47-39-44(25-29-51(47)67(53)34-16-38-82(76,77)78)56(70)63-33-35-79-36-37-80-40-54(69)62-32-14-13-22-48(57(71)72)64-59(75)65-49(58(73)74)28-24-41(2)68/h8-12,19-21,23,25-27,29-31,39,48-49H,7,13-18,22,24,28,32-38,40H2,1-6H3,(H6-,62,63,64,65,69,70,71,72,73,74,75,76,77,78)/t48-,49-/m0/s1. The van der Waals surface area contributed by atoms with Gasteiger partial charge in [-0.2, -0.15) is 4.58 Å². The number of anilines is 1. The second kappa shape index (κ2) is 29.5. The number of ketones is 1. The van der Waals surface area contributed by atoms with Crippen molar-refractivity contribution in [3.63, 3.8) is 0 Å². The number of likely N-dealkylation sites (N-methyl/N-ethyl adjacent to an activating group) is 1. The Morgan fingerprint density at radius 1 is 0.780 bits per heavy atom. The van der Waals surface area contributed by atoms with E-state index in [2.05, 4.69) is 109 Å². The van der Waals surface area contributed by atoms with Gasteiger partial charge in [0.1, 0.15) is 42.5 Å². The van der Waals surface area contributed by atoms with Crippen LogP contribution in [0.3, 0.4) is 0 Å². The van der Waals surface area contributed by atoms with Crippen LogP contribution in [0.25, 0.3) is 0 Å². The summed E-state index contributed by atoms with van der Waals surface area (Å²) in [6, 6.07) is 20.0. The number of hydrogen-bond acceptors (Lipinski definition) is 13. The number of para-hydroxylation sites is 2. The Kier molecular flexibility index (Phi) is 22.9. The summed E-state index contributed by atoms with van der Waals surface area (Å²) in [7, 11) is -4.47. The van der Waals surface area contributed by atoms with Gasteiger partial charge < -0.3 is 59.9 Å². The Labute approximate surface area is 480 Å². The lowest BCUT2D eigenvalue weighted by atomic mass is 9.80. The normalized spacial score (nSPS) is 17.1. The number of hydrogen-bond donors (Lipinski definition) is 6. The minimum atomic E-state index is -4.47. The van der Waals surface area contributed by atoms with Crippen LogP contribution in [0, 0.1) is 0 Å². The van der Waals surface area contributed by atoms with Gasteiger partial charge >= 0.3 is 18.0 Å². The highest BCUT2D eigenvalue weighted by Gasteiger charge is 2.45. The van der Waals surface area contributed by atoms with Crippen molar-refractivity contribution in [2.45, 2.75) is 122 Å². The Morgan fingerprint density at radius 2 is 1.48 bits per heavy atom. The number of unbranched alkanes of at least 4 members (excludes halogenated alkanes) is 1. The number of Topliss-reactive ketones (excluding diaryl/α,β-unsaturated/α-hetero) is 1. The number of allylic oxidation sites excluding steroid dienone is 7. The van der Waals surface area contributed by atoms with E-state index < -0.39 is 57.2 Å². The summed E-state index contributed by atoms with van der Waals surface area (Å²) in [5.74, 6) is -2.69. The molecule has 3 aromatic rings. The first-order valence-electron chi connectivity index (χ1n) is 27.9. The monoisotopic (exact) mass is 1150 g/mol. The van der Waals surface area contributed by atoms with Gasteiger partial charge in [-0.3, -0.25) is 9.59 Å².